The minimum absolute atomic E-state index is 0.110. The van der Waals surface area contributed by atoms with E-state index >= 15 is 0 Å². The van der Waals surface area contributed by atoms with Crippen LogP contribution >= 0.6 is 24.0 Å². The Hall–Kier alpha value is -0.330. The zero-order valence-corrected chi connectivity index (χ0v) is 13.7. The highest BCUT2D eigenvalue weighted by Gasteiger charge is 2.37. The Kier molecular flexibility index (Phi) is 5.69. The van der Waals surface area contributed by atoms with Crippen LogP contribution in [0, 0.1) is 0 Å². The first kappa shape index (κ1) is 16.0. The third-order valence-corrected chi connectivity index (χ3v) is 6.40. The minimum atomic E-state index is -0.110. The molecule has 0 spiro atoms. The molecule has 2 rings (SSSR count). The highest BCUT2D eigenvalue weighted by atomic mass is 32.2. The van der Waals surface area contributed by atoms with E-state index in [4.69, 9.17) is 22.7 Å². The predicted octanol–water partition coefficient (Wildman–Crippen LogP) is 1.96. The van der Waals surface area contributed by atoms with Gasteiger partial charge in [-0.25, -0.2) is 0 Å². The highest BCUT2D eigenvalue weighted by molar-refractivity contribution is 8.02. The largest absolute Gasteiger partial charge is 0.392 e. The van der Waals surface area contributed by atoms with Crippen molar-refractivity contribution in [2.75, 3.05) is 26.0 Å². The van der Waals surface area contributed by atoms with E-state index in [-0.39, 0.29) is 10.7 Å². The lowest BCUT2D eigenvalue weighted by atomic mass is 9.95. The van der Waals surface area contributed by atoms with Gasteiger partial charge in [-0.2, -0.15) is 11.8 Å². The molecule has 0 aromatic heterocycles. The van der Waals surface area contributed by atoms with Crippen molar-refractivity contribution in [1.82, 2.24) is 4.90 Å². The molecular weight excluding hydrogens is 292 g/mol. The molecule has 0 bridgehead atoms. The summed E-state index contributed by atoms with van der Waals surface area (Å²) in [5.74, 6) is 0.248. The van der Waals surface area contributed by atoms with Crippen LogP contribution in [0.15, 0.2) is 0 Å². The number of carbonyl (C=O) groups is 1. The van der Waals surface area contributed by atoms with Gasteiger partial charge in [-0.05, 0) is 38.4 Å². The Bertz CT molecular complexity index is 362. The smallest absolute Gasteiger partial charge is 0.222 e. The Morgan fingerprint density at radius 1 is 1.50 bits per heavy atom. The van der Waals surface area contributed by atoms with Crippen LogP contribution in [0.4, 0.5) is 0 Å². The number of carbonyl (C=O) groups excluding carboxylic acids is 1. The summed E-state index contributed by atoms with van der Waals surface area (Å²) < 4.78 is 5.45. The summed E-state index contributed by atoms with van der Waals surface area (Å²) in [5.41, 5.74) is 5.87. The van der Waals surface area contributed by atoms with Crippen molar-refractivity contribution >= 4 is 34.9 Å². The summed E-state index contributed by atoms with van der Waals surface area (Å²) >= 11 is 6.92. The summed E-state index contributed by atoms with van der Waals surface area (Å²) in [6, 6.07) is 0. The van der Waals surface area contributed by atoms with Crippen molar-refractivity contribution in [2.45, 2.75) is 49.4 Å². The molecule has 2 saturated heterocycles. The molecule has 0 aromatic carbocycles. The van der Waals surface area contributed by atoms with E-state index in [0.717, 1.165) is 51.8 Å². The third kappa shape index (κ3) is 3.65. The fraction of sp³-hybridized carbons (Fsp3) is 0.857. The van der Waals surface area contributed by atoms with E-state index < -0.39 is 0 Å². The highest BCUT2D eigenvalue weighted by Crippen LogP contribution is 2.35. The van der Waals surface area contributed by atoms with Crippen LogP contribution in [0.25, 0.3) is 0 Å². The molecule has 2 aliphatic heterocycles. The molecular formula is C14H24N2O2S2. The zero-order valence-electron chi connectivity index (χ0n) is 12.1. The quantitative estimate of drug-likeness (QED) is 0.786. The van der Waals surface area contributed by atoms with Crippen molar-refractivity contribution in [1.29, 1.82) is 0 Å². The SMILES string of the molecule is CSC1(C(N)=S)CCN(C(=O)CCC2CCCO2)CC1. The molecule has 2 heterocycles. The van der Waals surface area contributed by atoms with Gasteiger partial charge in [0.05, 0.1) is 15.8 Å². The second-order valence-corrected chi connectivity index (χ2v) is 7.25. The van der Waals surface area contributed by atoms with Crippen molar-refractivity contribution in [3.63, 3.8) is 0 Å². The van der Waals surface area contributed by atoms with Gasteiger partial charge < -0.3 is 15.4 Å². The molecule has 2 N–H and O–H groups in total. The summed E-state index contributed by atoms with van der Waals surface area (Å²) in [6.45, 7) is 2.39. The summed E-state index contributed by atoms with van der Waals surface area (Å²) in [6.07, 6.45) is 7.78. The third-order valence-electron chi connectivity index (χ3n) is 4.47. The van der Waals surface area contributed by atoms with E-state index in [0.29, 0.717) is 17.5 Å². The van der Waals surface area contributed by atoms with E-state index in [2.05, 4.69) is 0 Å². The van der Waals surface area contributed by atoms with Gasteiger partial charge in [-0.1, -0.05) is 12.2 Å². The Balaban J connectivity index is 1.77. The molecule has 2 fully saturated rings. The lowest BCUT2D eigenvalue weighted by molar-refractivity contribution is -0.132. The molecule has 1 unspecified atom stereocenters. The van der Waals surface area contributed by atoms with Gasteiger partial charge in [-0.15, -0.1) is 0 Å². The molecule has 20 heavy (non-hydrogen) atoms. The number of ether oxygens (including phenoxy) is 1. The second-order valence-electron chi connectivity index (χ2n) is 5.62. The molecule has 4 nitrogen and oxygen atoms in total. The lowest BCUT2D eigenvalue weighted by Gasteiger charge is -2.40. The minimum Gasteiger partial charge on any atom is -0.392 e. The summed E-state index contributed by atoms with van der Waals surface area (Å²) in [7, 11) is 0. The van der Waals surface area contributed by atoms with Crippen molar-refractivity contribution < 1.29 is 9.53 Å². The van der Waals surface area contributed by atoms with Crippen LogP contribution in [0.5, 0.6) is 0 Å². The number of thiocarbonyl (C=S) groups is 1. The molecule has 0 radical (unpaired) electrons. The summed E-state index contributed by atoms with van der Waals surface area (Å²) in [5, 5.41) is 0. The van der Waals surface area contributed by atoms with Crippen LogP contribution in [0.3, 0.4) is 0 Å². The van der Waals surface area contributed by atoms with Gasteiger partial charge in [0.15, 0.2) is 0 Å². The van der Waals surface area contributed by atoms with Crippen LogP contribution in [-0.4, -0.2) is 52.6 Å². The molecule has 114 valence electrons. The second kappa shape index (κ2) is 7.09. The van der Waals surface area contributed by atoms with Gasteiger partial charge in [0, 0.05) is 26.1 Å². The maximum atomic E-state index is 12.2. The molecule has 0 aliphatic carbocycles. The number of nitrogens with two attached hydrogens (primary N) is 1. The maximum absolute atomic E-state index is 12.2. The van der Waals surface area contributed by atoms with Gasteiger partial charge in [0.1, 0.15) is 0 Å². The molecule has 0 aromatic rings. The molecule has 1 atom stereocenters. The van der Waals surface area contributed by atoms with Gasteiger partial charge >= 0.3 is 0 Å². The van der Waals surface area contributed by atoms with Crippen LogP contribution in [0.2, 0.25) is 0 Å². The molecule has 1 amide bonds. The van der Waals surface area contributed by atoms with E-state index in [9.17, 15) is 4.79 Å². The zero-order chi connectivity index (χ0) is 14.6. The predicted molar refractivity (Wildman–Crippen MR) is 87.1 cm³/mol. The van der Waals surface area contributed by atoms with Crippen LogP contribution in [0.1, 0.15) is 38.5 Å². The number of hydrogen-bond donors (Lipinski definition) is 1. The fourth-order valence-electron chi connectivity index (χ4n) is 2.98. The number of rotatable bonds is 5. The average molecular weight is 316 g/mol. The van der Waals surface area contributed by atoms with Gasteiger partial charge in [0.2, 0.25) is 5.91 Å². The maximum Gasteiger partial charge on any atom is 0.222 e. The van der Waals surface area contributed by atoms with Crippen molar-refractivity contribution in [3.05, 3.63) is 0 Å². The van der Waals surface area contributed by atoms with Crippen molar-refractivity contribution in [2.24, 2.45) is 5.73 Å². The number of hydrogen-bond acceptors (Lipinski definition) is 4. The Morgan fingerprint density at radius 3 is 2.70 bits per heavy atom. The molecule has 6 heteroatoms. The normalized spacial score (nSPS) is 25.6. The van der Waals surface area contributed by atoms with Crippen LogP contribution < -0.4 is 5.73 Å². The van der Waals surface area contributed by atoms with Gasteiger partial charge in [0.25, 0.3) is 0 Å². The number of thioether (sulfide) groups is 1. The number of piperidine rings is 1. The first-order valence-corrected chi connectivity index (χ1v) is 8.95. The number of amides is 1. The van der Waals surface area contributed by atoms with Crippen LogP contribution in [-0.2, 0) is 9.53 Å². The Morgan fingerprint density at radius 2 is 2.20 bits per heavy atom. The van der Waals surface area contributed by atoms with Crippen molar-refractivity contribution in [3.8, 4) is 0 Å². The summed E-state index contributed by atoms with van der Waals surface area (Å²) in [4.78, 5) is 14.8. The number of nitrogens with zero attached hydrogens (tertiary/aromatic N) is 1. The monoisotopic (exact) mass is 316 g/mol. The molecule has 2 aliphatic rings. The first-order chi connectivity index (χ1) is 9.57. The molecule has 0 saturated carbocycles. The van der Waals surface area contributed by atoms with E-state index in [1.165, 1.54) is 0 Å². The fourth-order valence-corrected chi connectivity index (χ4v) is 4.23. The van der Waals surface area contributed by atoms with E-state index in [1.807, 2.05) is 11.2 Å². The number of likely N-dealkylation sites (tertiary alicyclic amines) is 1. The standard InChI is InChI=1S/C14H24N2O2S2/c1-20-14(13(15)19)6-8-16(9-7-14)12(17)5-4-11-3-2-10-18-11/h11H,2-10H2,1H3,(H2,15,19). The Labute approximate surface area is 130 Å². The van der Waals surface area contributed by atoms with E-state index in [1.54, 1.807) is 11.8 Å². The average Bonchev–Trinajstić information content (AvgIpc) is 2.98. The first-order valence-electron chi connectivity index (χ1n) is 7.32. The topological polar surface area (TPSA) is 55.6 Å². The van der Waals surface area contributed by atoms with Gasteiger partial charge in [-0.3, -0.25) is 4.79 Å². The lowest BCUT2D eigenvalue weighted by Crippen LogP contribution is -2.50.